The highest BCUT2D eigenvalue weighted by Gasteiger charge is 2.35. The molecule has 0 spiro atoms. The highest BCUT2D eigenvalue weighted by Crippen LogP contribution is 2.20. The quantitative estimate of drug-likeness (QED) is 0.480. The topological polar surface area (TPSA) is 70.9 Å². The number of rotatable bonds is 9. The van der Waals surface area contributed by atoms with E-state index >= 15 is 0 Å². The second-order valence-corrected chi connectivity index (χ2v) is 8.03. The smallest absolute Gasteiger partial charge is 0.214 e. The SMILES string of the molecule is COCCn1nnnc1[C@H](c1ccc(OC)cc1)[NH+]1CC[NH+](Cc2ccccc2)CC1. The normalized spacial score (nSPS) is 19.8. The van der Waals surface area contributed by atoms with Crippen LogP contribution < -0.4 is 14.5 Å². The first-order valence-electron chi connectivity index (χ1n) is 10.9. The van der Waals surface area contributed by atoms with E-state index in [1.54, 1.807) is 19.1 Å². The molecule has 2 aromatic carbocycles. The van der Waals surface area contributed by atoms with E-state index in [-0.39, 0.29) is 6.04 Å². The van der Waals surface area contributed by atoms with Crippen LogP contribution in [0.2, 0.25) is 0 Å². The molecule has 1 fully saturated rings. The Balaban J connectivity index is 1.53. The molecular weight excluding hydrogens is 392 g/mol. The van der Waals surface area contributed by atoms with Crippen molar-refractivity contribution in [2.45, 2.75) is 19.1 Å². The van der Waals surface area contributed by atoms with Crippen LogP contribution in [0.5, 0.6) is 5.75 Å². The average molecular weight is 425 g/mol. The Morgan fingerprint density at radius 2 is 1.71 bits per heavy atom. The number of benzene rings is 2. The van der Waals surface area contributed by atoms with Gasteiger partial charge < -0.3 is 19.3 Å². The van der Waals surface area contributed by atoms with E-state index in [2.05, 4.69) is 58.0 Å². The Hall–Kier alpha value is -2.81. The number of ether oxygens (including phenoxy) is 2. The number of nitrogens with one attached hydrogen (secondary N) is 2. The first-order valence-corrected chi connectivity index (χ1v) is 10.9. The minimum atomic E-state index is 0.0797. The minimum Gasteiger partial charge on any atom is -0.497 e. The number of aromatic nitrogens is 4. The largest absolute Gasteiger partial charge is 0.497 e. The lowest BCUT2D eigenvalue weighted by atomic mass is 10.0. The molecule has 0 unspecified atom stereocenters. The second-order valence-electron chi connectivity index (χ2n) is 8.03. The standard InChI is InChI=1S/C23H30N6O2/c1-30-17-16-29-23(24-25-26-29)22(20-8-10-21(31-2)11-9-20)28-14-12-27(13-15-28)18-19-6-4-3-5-7-19/h3-11,22H,12-18H2,1-2H3/p+2/t22-/m0/s1. The van der Waals surface area contributed by atoms with Crippen molar-refractivity contribution in [3.8, 4) is 5.75 Å². The molecular formula is C23H32N6O2+2. The second kappa shape index (κ2) is 10.5. The number of tetrazole rings is 1. The third-order valence-corrected chi connectivity index (χ3v) is 6.08. The van der Waals surface area contributed by atoms with Crippen molar-refractivity contribution in [2.24, 2.45) is 0 Å². The molecule has 2 heterocycles. The lowest BCUT2D eigenvalue weighted by Crippen LogP contribution is -3.27. The number of quaternary nitrogens is 2. The summed E-state index contributed by atoms with van der Waals surface area (Å²) in [5, 5.41) is 12.7. The first-order chi connectivity index (χ1) is 15.3. The minimum absolute atomic E-state index is 0.0797. The summed E-state index contributed by atoms with van der Waals surface area (Å²) in [6, 6.07) is 19.1. The van der Waals surface area contributed by atoms with Gasteiger partial charge in [0.05, 0.1) is 20.3 Å². The average Bonchev–Trinajstić information content (AvgIpc) is 3.28. The fourth-order valence-electron chi connectivity index (χ4n) is 4.39. The molecule has 1 atom stereocenters. The van der Waals surface area contributed by atoms with Crippen molar-refractivity contribution < 1.29 is 19.3 Å². The van der Waals surface area contributed by atoms with Crippen LogP contribution in [0.1, 0.15) is 23.0 Å². The van der Waals surface area contributed by atoms with Gasteiger partial charge in [-0.15, -0.1) is 5.10 Å². The molecule has 4 rings (SSSR count). The zero-order valence-corrected chi connectivity index (χ0v) is 18.3. The number of hydrogen-bond acceptors (Lipinski definition) is 5. The summed E-state index contributed by atoms with van der Waals surface area (Å²) in [6.45, 7) is 6.67. The van der Waals surface area contributed by atoms with Crippen LogP contribution in [0.4, 0.5) is 0 Å². The molecule has 1 aromatic heterocycles. The molecule has 1 aliphatic heterocycles. The summed E-state index contributed by atoms with van der Waals surface area (Å²) < 4.78 is 12.5. The van der Waals surface area contributed by atoms with Crippen molar-refractivity contribution in [1.82, 2.24) is 20.2 Å². The van der Waals surface area contributed by atoms with Gasteiger partial charge in [-0.2, -0.15) is 0 Å². The van der Waals surface area contributed by atoms with Crippen LogP contribution in [0.25, 0.3) is 0 Å². The molecule has 0 aliphatic carbocycles. The molecule has 2 N–H and O–H groups in total. The van der Waals surface area contributed by atoms with Crippen LogP contribution in [0.3, 0.4) is 0 Å². The Kier molecular flexibility index (Phi) is 7.24. The van der Waals surface area contributed by atoms with Crippen LogP contribution in [0.15, 0.2) is 54.6 Å². The summed E-state index contributed by atoms with van der Waals surface area (Å²) in [7, 11) is 3.39. The summed E-state index contributed by atoms with van der Waals surface area (Å²) in [5.41, 5.74) is 2.60. The predicted octanol–water partition coefficient (Wildman–Crippen LogP) is -0.599. The van der Waals surface area contributed by atoms with Crippen LogP contribution in [-0.2, 0) is 17.8 Å². The van der Waals surface area contributed by atoms with E-state index in [9.17, 15) is 0 Å². The van der Waals surface area contributed by atoms with Gasteiger partial charge in [-0.25, -0.2) is 4.68 Å². The molecule has 0 radical (unpaired) electrons. The van der Waals surface area contributed by atoms with E-state index in [1.807, 2.05) is 16.8 Å². The molecule has 0 amide bonds. The van der Waals surface area contributed by atoms with Gasteiger partial charge in [0, 0.05) is 18.2 Å². The van der Waals surface area contributed by atoms with Gasteiger partial charge in [-0.05, 0) is 34.7 Å². The Labute approximate surface area is 183 Å². The van der Waals surface area contributed by atoms with Crippen molar-refractivity contribution >= 4 is 0 Å². The maximum absolute atomic E-state index is 5.36. The van der Waals surface area contributed by atoms with E-state index in [4.69, 9.17) is 9.47 Å². The van der Waals surface area contributed by atoms with Crippen molar-refractivity contribution in [3.05, 3.63) is 71.5 Å². The summed E-state index contributed by atoms with van der Waals surface area (Å²) in [4.78, 5) is 3.12. The first kappa shape index (κ1) is 21.4. The molecule has 1 saturated heterocycles. The maximum Gasteiger partial charge on any atom is 0.214 e. The molecule has 3 aromatic rings. The van der Waals surface area contributed by atoms with Crippen LogP contribution in [0, 0.1) is 0 Å². The van der Waals surface area contributed by atoms with Gasteiger partial charge >= 0.3 is 0 Å². The molecule has 8 nitrogen and oxygen atoms in total. The van der Waals surface area contributed by atoms with E-state index in [1.165, 1.54) is 16.0 Å². The van der Waals surface area contributed by atoms with Crippen LogP contribution >= 0.6 is 0 Å². The third-order valence-electron chi connectivity index (χ3n) is 6.08. The molecule has 0 saturated carbocycles. The van der Waals surface area contributed by atoms with Crippen molar-refractivity contribution in [2.75, 3.05) is 47.0 Å². The summed E-state index contributed by atoms with van der Waals surface area (Å²) in [5.74, 6) is 1.75. The summed E-state index contributed by atoms with van der Waals surface area (Å²) >= 11 is 0. The Morgan fingerprint density at radius 3 is 2.39 bits per heavy atom. The van der Waals surface area contributed by atoms with Gasteiger partial charge in [-0.3, -0.25) is 0 Å². The monoisotopic (exact) mass is 424 g/mol. The third kappa shape index (κ3) is 5.28. The number of nitrogens with zero attached hydrogens (tertiary/aromatic N) is 4. The number of piperazine rings is 1. The lowest BCUT2D eigenvalue weighted by molar-refractivity contribution is -1.03. The van der Waals surface area contributed by atoms with Gasteiger partial charge in [0.2, 0.25) is 5.82 Å². The molecule has 164 valence electrons. The van der Waals surface area contributed by atoms with Crippen molar-refractivity contribution in [3.63, 3.8) is 0 Å². The van der Waals surface area contributed by atoms with E-state index in [0.717, 1.165) is 44.3 Å². The molecule has 8 heteroatoms. The van der Waals surface area contributed by atoms with Crippen LogP contribution in [-0.4, -0.2) is 67.2 Å². The van der Waals surface area contributed by atoms with Gasteiger partial charge in [0.15, 0.2) is 6.04 Å². The summed E-state index contributed by atoms with van der Waals surface area (Å²) in [6.07, 6.45) is 0. The van der Waals surface area contributed by atoms with Crippen molar-refractivity contribution in [1.29, 1.82) is 0 Å². The highest BCUT2D eigenvalue weighted by molar-refractivity contribution is 5.30. The van der Waals surface area contributed by atoms with E-state index < -0.39 is 0 Å². The lowest BCUT2D eigenvalue weighted by Gasteiger charge is -2.34. The predicted molar refractivity (Wildman–Crippen MR) is 116 cm³/mol. The Morgan fingerprint density at radius 1 is 0.968 bits per heavy atom. The molecule has 1 aliphatic rings. The fraction of sp³-hybridized carbons (Fsp3) is 0.435. The van der Waals surface area contributed by atoms with Gasteiger partial charge in [-0.1, -0.05) is 30.3 Å². The molecule has 0 bridgehead atoms. The highest BCUT2D eigenvalue weighted by atomic mass is 16.5. The van der Waals surface area contributed by atoms with Gasteiger partial charge in [0.25, 0.3) is 0 Å². The zero-order chi connectivity index (χ0) is 21.5. The number of methoxy groups -OCH3 is 2. The Bertz CT molecular complexity index is 923. The maximum atomic E-state index is 5.36. The van der Waals surface area contributed by atoms with E-state index in [0.29, 0.717) is 13.2 Å². The molecule has 31 heavy (non-hydrogen) atoms. The zero-order valence-electron chi connectivity index (χ0n) is 18.3. The van der Waals surface area contributed by atoms with Gasteiger partial charge in [0.1, 0.15) is 38.5 Å². The number of hydrogen-bond donors (Lipinski definition) is 2. The fourth-order valence-corrected chi connectivity index (χ4v) is 4.39.